The molecular formula is C19H30IN3O3. The zero-order valence-corrected chi connectivity index (χ0v) is 17.8. The number of rotatable bonds is 8. The van der Waals surface area contributed by atoms with Gasteiger partial charge in [-0.1, -0.05) is 6.07 Å². The van der Waals surface area contributed by atoms with Crippen molar-refractivity contribution in [2.45, 2.75) is 32.2 Å². The highest BCUT2D eigenvalue weighted by Crippen LogP contribution is 2.30. The number of hydrogen-bond acceptors (Lipinski definition) is 4. The Morgan fingerprint density at radius 1 is 1.19 bits per heavy atom. The Morgan fingerprint density at radius 2 is 2.00 bits per heavy atom. The van der Waals surface area contributed by atoms with Crippen molar-refractivity contribution in [1.29, 1.82) is 0 Å². The van der Waals surface area contributed by atoms with Gasteiger partial charge in [-0.15, -0.1) is 24.0 Å². The van der Waals surface area contributed by atoms with Crippen molar-refractivity contribution in [1.82, 2.24) is 10.6 Å². The maximum absolute atomic E-state index is 5.73. The highest BCUT2D eigenvalue weighted by atomic mass is 127. The molecule has 1 heterocycles. The number of nitrogens with zero attached hydrogens (tertiary/aromatic N) is 1. The number of hydrogen-bond donors (Lipinski definition) is 2. The Balaban J connectivity index is 0.00000243. The van der Waals surface area contributed by atoms with Crippen LogP contribution in [0.4, 0.5) is 0 Å². The third-order valence-electron chi connectivity index (χ3n) is 4.30. The van der Waals surface area contributed by atoms with Crippen molar-refractivity contribution >= 4 is 29.9 Å². The lowest BCUT2D eigenvalue weighted by atomic mass is 10.2. The van der Waals surface area contributed by atoms with Gasteiger partial charge in [0.1, 0.15) is 0 Å². The van der Waals surface area contributed by atoms with Crippen LogP contribution in [0.15, 0.2) is 23.2 Å². The summed E-state index contributed by atoms with van der Waals surface area (Å²) in [5.41, 5.74) is 1.14. The quantitative estimate of drug-likeness (QED) is 0.262. The van der Waals surface area contributed by atoms with Gasteiger partial charge in [0.25, 0.3) is 0 Å². The van der Waals surface area contributed by atoms with E-state index in [0.29, 0.717) is 19.8 Å². The Morgan fingerprint density at radius 3 is 2.77 bits per heavy atom. The smallest absolute Gasteiger partial charge is 0.191 e. The van der Waals surface area contributed by atoms with E-state index >= 15 is 0 Å². The number of aliphatic imine (C=N–C) groups is 1. The SMILES string of the molecule is CN=C(NCCCOCC1CC1)NCc1ccc2c(c1)OCCCO2.I. The maximum Gasteiger partial charge on any atom is 0.191 e. The average Bonchev–Trinajstić information content (AvgIpc) is 3.47. The summed E-state index contributed by atoms with van der Waals surface area (Å²) < 4.78 is 17.0. The summed E-state index contributed by atoms with van der Waals surface area (Å²) in [6.45, 7) is 4.70. The van der Waals surface area contributed by atoms with Crippen molar-refractivity contribution in [3.8, 4) is 11.5 Å². The fourth-order valence-electron chi connectivity index (χ4n) is 2.64. The van der Waals surface area contributed by atoms with Gasteiger partial charge in [0, 0.05) is 39.8 Å². The molecule has 0 radical (unpaired) electrons. The molecule has 1 aliphatic carbocycles. The molecule has 0 atom stereocenters. The lowest BCUT2D eigenvalue weighted by Crippen LogP contribution is -2.37. The topological polar surface area (TPSA) is 64.1 Å². The molecule has 7 heteroatoms. The summed E-state index contributed by atoms with van der Waals surface area (Å²) in [7, 11) is 1.78. The summed E-state index contributed by atoms with van der Waals surface area (Å²) in [4.78, 5) is 4.26. The van der Waals surface area contributed by atoms with Gasteiger partial charge in [0.05, 0.1) is 13.2 Å². The van der Waals surface area contributed by atoms with E-state index in [1.54, 1.807) is 7.05 Å². The van der Waals surface area contributed by atoms with E-state index < -0.39 is 0 Å². The molecule has 3 rings (SSSR count). The second-order valence-corrected chi connectivity index (χ2v) is 6.56. The van der Waals surface area contributed by atoms with Crippen LogP contribution in [0.1, 0.15) is 31.2 Å². The van der Waals surface area contributed by atoms with Crippen molar-refractivity contribution in [3.05, 3.63) is 23.8 Å². The molecular weight excluding hydrogens is 445 g/mol. The first-order valence-electron chi connectivity index (χ1n) is 9.26. The van der Waals surface area contributed by atoms with Crippen LogP contribution >= 0.6 is 24.0 Å². The molecule has 2 N–H and O–H groups in total. The summed E-state index contributed by atoms with van der Waals surface area (Å²) >= 11 is 0. The molecule has 1 aliphatic heterocycles. The van der Waals surface area contributed by atoms with Crippen LogP contribution in [0.2, 0.25) is 0 Å². The summed E-state index contributed by atoms with van der Waals surface area (Å²) in [5, 5.41) is 6.65. The van der Waals surface area contributed by atoms with E-state index in [4.69, 9.17) is 14.2 Å². The average molecular weight is 475 g/mol. The minimum absolute atomic E-state index is 0. The summed E-state index contributed by atoms with van der Waals surface area (Å²) in [6.07, 6.45) is 4.59. The number of halogens is 1. The van der Waals surface area contributed by atoms with Gasteiger partial charge in [-0.2, -0.15) is 0 Å². The van der Waals surface area contributed by atoms with E-state index in [1.165, 1.54) is 12.8 Å². The molecule has 0 spiro atoms. The Labute approximate surface area is 173 Å². The number of benzene rings is 1. The highest BCUT2D eigenvalue weighted by Gasteiger charge is 2.20. The zero-order chi connectivity index (χ0) is 17.3. The molecule has 26 heavy (non-hydrogen) atoms. The zero-order valence-electron chi connectivity index (χ0n) is 15.5. The molecule has 1 aromatic rings. The number of fused-ring (bicyclic) bond motifs is 1. The Bertz CT molecular complexity index is 579. The third-order valence-corrected chi connectivity index (χ3v) is 4.30. The maximum atomic E-state index is 5.73. The van der Waals surface area contributed by atoms with Crippen LogP contribution in [0.5, 0.6) is 11.5 Å². The summed E-state index contributed by atoms with van der Waals surface area (Å²) in [6, 6.07) is 6.07. The van der Waals surface area contributed by atoms with Gasteiger partial charge in [0.15, 0.2) is 17.5 Å². The van der Waals surface area contributed by atoms with Gasteiger partial charge in [-0.3, -0.25) is 4.99 Å². The van der Waals surface area contributed by atoms with E-state index in [9.17, 15) is 0 Å². The normalized spacial score (nSPS) is 16.4. The predicted molar refractivity (Wildman–Crippen MR) is 114 cm³/mol. The Hall–Kier alpha value is -1.22. The largest absolute Gasteiger partial charge is 0.490 e. The number of guanidine groups is 1. The van der Waals surface area contributed by atoms with Crippen LogP contribution in [0, 0.1) is 5.92 Å². The molecule has 0 unspecified atom stereocenters. The first-order chi connectivity index (χ1) is 12.3. The second kappa shape index (κ2) is 11.5. The van der Waals surface area contributed by atoms with Gasteiger partial charge < -0.3 is 24.8 Å². The third kappa shape index (κ3) is 7.19. The minimum Gasteiger partial charge on any atom is -0.490 e. The first-order valence-corrected chi connectivity index (χ1v) is 9.26. The first kappa shape index (κ1) is 21.1. The van der Waals surface area contributed by atoms with Crippen LogP contribution in [-0.2, 0) is 11.3 Å². The molecule has 1 saturated carbocycles. The van der Waals surface area contributed by atoms with Crippen LogP contribution < -0.4 is 20.1 Å². The fraction of sp³-hybridized carbons (Fsp3) is 0.632. The molecule has 0 aromatic heterocycles. The van der Waals surface area contributed by atoms with E-state index in [2.05, 4.69) is 21.7 Å². The van der Waals surface area contributed by atoms with Crippen LogP contribution in [-0.4, -0.2) is 46.0 Å². The molecule has 1 fully saturated rings. The van der Waals surface area contributed by atoms with Crippen LogP contribution in [0.3, 0.4) is 0 Å². The van der Waals surface area contributed by atoms with E-state index in [0.717, 1.165) is 61.5 Å². The molecule has 0 bridgehead atoms. The van der Waals surface area contributed by atoms with E-state index in [-0.39, 0.29) is 24.0 Å². The monoisotopic (exact) mass is 475 g/mol. The van der Waals surface area contributed by atoms with E-state index in [1.807, 2.05) is 12.1 Å². The predicted octanol–water partition coefficient (Wildman–Crippen LogP) is 2.95. The van der Waals surface area contributed by atoms with Gasteiger partial charge in [-0.25, -0.2) is 0 Å². The van der Waals surface area contributed by atoms with Gasteiger partial charge in [0.2, 0.25) is 0 Å². The Kier molecular flexibility index (Phi) is 9.31. The number of ether oxygens (including phenoxy) is 3. The lowest BCUT2D eigenvalue weighted by Gasteiger charge is -2.13. The fourth-order valence-corrected chi connectivity index (χ4v) is 2.64. The van der Waals surface area contributed by atoms with Gasteiger partial charge in [-0.05, 0) is 42.9 Å². The molecule has 0 saturated heterocycles. The molecule has 1 aromatic carbocycles. The highest BCUT2D eigenvalue weighted by molar-refractivity contribution is 14.0. The molecule has 2 aliphatic rings. The van der Waals surface area contributed by atoms with Crippen molar-refractivity contribution in [2.24, 2.45) is 10.9 Å². The lowest BCUT2D eigenvalue weighted by molar-refractivity contribution is 0.123. The van der Waals surface area contributed by atoms with Crippen molar-refractivity contribution in [3.63, 3.8) is 0 Å². The standard InChI is InChI=1S/C19H29N3O3.HI/c1-20-19(21-8-2-9-23-14-15-4-5-15)22-13-16-6-7-17-18(12-16)25-11-3-10-24-17;/h6-7,12,15H,2-5,8-11,13-14H2,1H3,(H2,20,21,22);1H. The summed E-state index contributed by atoms with van der Waals surface area (Å²) in [5.74, 6) is 3.29. The molecule has 0 amide bonds. The second-order valence-electron chi connectivity index (χ2n) is 6.56. The minimum atomic E-state index is 0. The number of nitrogens with one attached hydrogen (secondary N) is 2. The van der Waals surface area contributed by atoms with Gasteiger partial charge >= 0.3 is 0 Å². The van der Waals surface area contributed by atoms with Crippen LogP contribution in [0.25, 0.3) is 0 Å². The van der Waals surface area contributed by atoms with Crippen molar-refractivity contribution in [2.75, 3.05) is 40.0 Å². The molecule has 146 valence electrons. The molecule has 6 nitrogen and oxygen atoms in total. The van der Waals surface area contributed by atoms with Crippen molar-refractivity contribution < 1.29 is 14.2 Å².